The Morgan fingerprint density at radius 2 is 1.87 bits per heavy atom. The van der Waals surface area contributed by atoms with Gasteiger partial charge in [0, 0.05) is 16.1 Å². The molecule has 154 valence electrons. The number of allylic oxidation sites excluding steroid dienone is 1. The number of hydrogen-bond acceptors (Lipinski definition) is 6. The van der Waals surface area contributed by atoms with E-state index in [1.165, 1.54) is 7.11 Å². The number of halogens is 1. The van der Waals surface area contributed by atoms with Crippen molar-refractivity contribution < 1.29 is 19.0 Å². The van der Waals surface area contributed by atoms with Crippen molar-refractivity contribution in [2.24, 2.45) is 5.73 Å². The van der Waals surface area contributed by atoms with Crippen molar-refractivity contribution in [2.45, 2.75) is 5.92 Å². The predicted octanol–water partition coefficient (Wildman–Crippen LogP) is 4.90. The van der Waals surface area contributed by atoms with Crippen LogP contribution in [-0.4, -0.2) is 13.1 Å². The average Bonchev–Trinajstić information content (AvgIpc) is 2.78. The second-order valence-corrected chi connectivity index (χ2v) is 7.62. The molecule has 1 atom stereocenters. The van der Waals surface area contributed by atoms with E-state index < -0.39 is 11.9 Å². The summed E-state index contributed by atoms with van der Waals surface area (Å²) in [7, 11) is 1.53. The van der Waals surface area contributed by atoms with Crippen LogP contribution >= 0.6 is 15.9 Å². The molecule has 1 aliphatic heterocycles. The van der Waals surface area contributed by atoms with Crippen LogP contribution in [0, 0.1) is 11.3 Å². The van der Waals surface area contributed by atoms with E-state index in [0.29, 0.717) is 28.4 Å². The number of nitrogens with zero attached hydrogens (tertiary/aromatic N) is 1. The summed E-state index contributed by atoms with van der Waals surface area (Å²) in [5.74, 6) is 0.359. The van der Waals surface area contributed by atoms with Crippen molar-refractivity contribution in [1.29, 1.82) is 5.26 Å². The lowest BCUT2D eigenvalue weighted by Gasteiger charge is -2.27. The van der Waals surface area contributed by atoms with Crippen LogP contribution in [-0.2, 0) is 0 Å². The number of ether oxygens (including phenoxy) is 3. The van der Waals surface area contributed by atoms with Crippen LogP contribution in [0.25, 0.3) is 0 Å². The number of fused-ring (bicyclic) bond motifs is 1. The Balaban J connectivity index is 1.69. The zero-order valence-corrected chi connectivity index (χ0v) is 18.0. The summed E-state index contributed by atoms with van der Waals surface area (Å²) in [6.07, 6.45) is 0. The van der Waals surface area contributed by atoms with Gasteiger partial charge in [0.25, 0.3) is 0 Å². The first-order chi connectivity index (χ1) is 15.0. The number of hydrogen-bond donors (Lipinski definition) is 1. The molecule has 7 heteroatoms. The highest BCUT2D eigenvalue weighted by Gasteiger charge is 2.32. The highest BCUT2D eigenvalue weighted by Crippen LogP contribution is 2.45. The maximum absolute atomic E-state index is 12.5. The molecule has 1 heterocycles. The van der Waals surface area contributed by atoms with Gasteiger partial charge < -0.3 is 19.9 Å². The van der Waals surface area contributed by atoms with Crippen LogP contribution in [0.1, 0.15) is 27.4 Å². The summed E-state index contributed by atoms with van der Waals surface area (Å²) < 4.78 is 17.2. The van der Waals surface area contributed by atoms with E-state index >= 15 is 0 Å². The number of benzene rings is 3. The lowest BCUT2D eigenvalue weighted by molar-refractivity contribution is 0.0734. The molecule has 0 fully saturated rings. The van der Waals surface area contributed by atoms with Gasteiger partial charge in [-0.25, -0.2) is 4.79 Å². The van der Waals surface area contributed by atoms with Crippen molar-refractivity contribution >= 4 is 21.9 Å². The van der Waals surface area contributed by atoms with E-state index in [9.17, 15) is 10.1 Å². The Labute approximate surface area is 187 Å². The van der Waals surface area contributed by atoms with Crippen LogP contribution in [0.2, 0.25) is 0 Å². The fourth-order valence-electron chi connectivity index (χ4n) is 3.44. The Bertz CT molecular complexity index is 1250. The van der Waals surface area contributed by atoms with Crippen LogP contribution in [0.3, 0.4) is 0 Å². The molecule has 3 aromatic rings. The Morgan fingerprint density at radius 3 is 2.61 bits per heavy atom. The van der Waals surface area contributed by atoms with Gasteiger partial charge in [-0.2, -0.15) is 5.26 Å². The van der Waals surface area contributed by atoms with Crippen LogP contribution < -0.4 is 19.9 Å². The van der Waals surface area contributed by atoms with E-state index in [2.05, 4.69) is 22.0 Å². The maximum atomic E-state index is 12.5. The van der Waals surface area contributed by atoms with Gasteiger partial charge in [-0.15, -0.1) is 0 Å². The molecule has 0 amide bonds. The lowest BCUT2D eigenvalue weighted by atomic mass is 9.83. The predicted molar refractivity (Wildman–Crippen MR) is 118 cm³/mol. The van der Waals surface area contributed by atoms with Gasteiger partial charge in [0.1, 0.15) is 28.9 Å². The lowest BCUT2D eigenvalue weighted by Crippen LogP contribution is -2.21. The average molecular weight is 477 g/mol. The van der Waals surface area contributed by atoms with E-state index in [0.717, 1.165) is 15.6 Å². The van der Waals surface area contributed by atoms with E-state index in [4.69, 9.17) is 19.9 Å². The van der Waals surface area contributed by atoms with E-state index in [1.54, 1.807) is 42.5 Å². The van der Waals surface area contributed by atoms with Gasteiger partial charge in [0.05, 0.1) is 18.6 Å². The third-order valence-electron chi connectivity index (χ3n) is 4.92. The number of methoxy groups -OCH3 is 1. The summed E-state index contributed by atoms with van der Waals surface area (Å²) in [6.45, 7) is 0. The molecule has 2 N–H and O–H groups in total. The minimum atomic E-state index is -0.529. The molecule has 6 nitrogen and oxygen atoms in total. The molecule has 0 aromatic heterocycles. The highest BCUT2D eigenvalue weighted by molar-refractivity contribution is 9.10. The zero-order chi connectivity index (χ0) is 22.0. The summed E-state index contributed by atoms with van der Waals surface area (Å²) in [6, 6.07) is 21.5. The van der Waals surface area contributed by atoms with E-state index in [-0.39, 0.29) is 5.88 Å². The minimum Gasteiger partial charge on any atom is -0.497 e. The van der Waals surface area contributed by atoms with Gasteiger partial charge in [-0.3, -0.25) is 0 Å². The van der Waals surface area contributed by atoms with Crippen molar-refractivity contribution in [3.05, 3.63) is 99.3 Å². The first-order valence-electron chi connectivity index (χ1n) is 9.34. The van der Waals surface area contributed by atoms with Crippen LogP contribution in [0.4, 0.5) is 0 Å². The Morgan fingerprint density at radius 1 is 1.06 bits per heavy atom. The van der Waals surface area contributed by atoms with Gasteiger partial charge in [-0.05, 0) is 35.9 Å². The second-order valence-electron chi connectivity index (χ2n) is 6.77. The third-order valence-corrected chi connectivity index (χ3v) is 5.64. The Hall–Kier alpha value is -3.76. The molecule has 1 unspecified atom stereocenters. The smallest absolute Gasteiger partial charge is 0.343 e. The largest absolute Gasteiger partial charge is 0.497 e. The molecule has 0 aliphatic carbocycles. The summed E-state index contributed by atoms with van der Waals surface area (Å²) >= 11 is 3.55. The molecule has 1 aliphatic rings. The van der Waals surface area contributed by atoms with Crippen LogP contribution in [0.15, 0.2) is 82.7 Å². The molecule has 0 bridgehead atoms. The number of nitriles is 1. The molecule has 0 saturated carbocycles. The number of nitrogens with two attached hydrogens (primary N) is 1. The van der Waals surface area contributed by atoms with Crippen molar-refractivity contribution in [3.8, 4) is 23.3 Å². The van der Waals surface area contributed by atoms with Crippen molar-refractivity contribution in [2.75, 3.05) is 7.11 Å². The van der Waals surface area contributed by atoms with Gasteiger partial charge in [-0.1, -0.05) is 46.3 Å². The number of rotatable bonds is 4. The quantitative estimate of drug-likeness (QED) is 0.425. The molecule has 0 radical (unpaired) electrons. The minimum absolute atomic E-state index is 0.0204. The Kier molecular flexibility index (Phi) is 5.65. The highest BCUT2D eigenvalue weighted by atomic mass is 79.9. The molecule has 3 aromatic carbocycles. The molecule has 4 rings (SSSR count). The normalized spacial score (nSPS) is 14.8. The third kappa shape index (κ3) is 3.98. The standard InChI is InChI=1S/C24H17BrN2O4/c1-29-15-6-4-5-14(11-15)24(28)30-16-9-10-18-21(12-16)31-23(27)19(13-26)22(18)17-7-2-3-8-20(17)25/h2-12,22H,27H2,1H3. The second kappa shape index (κ2) is 8.54. The summed E-state index contributed by atoms with van der Waals surface area (Å²) in [5, 5.41) is 9.69. The maximum Gasteiger partial charge on any atom is 0.343 e. The molecule has 0 spiro atoms. The fourth-order valence-corrected chi connectivity index (χ4v) is 3.96. The molecular weight excluding hydrogens is 460 g/mol. The number of carbonyl (C=O) groups is 1. The molecule has 0 saturated heterocycles. The van der Waals surface area contributed by atoms with Gasteiger partial charge in [0.2, 0.25) is 5.88 Å². The zero-order valence-electron chi connectivity index (χ0n) is 16.5. The summed E-state index contributed by atoms with van der Waals surface area (Å²) in [5.41, 5.74) is 8.36. The number of esters is 1. The van der Waals surface area contributed by atoms with E-state index in [1.807, 2.05) is 24.3 Å². The number of carbonyl (C=O) groups excluding carboxylic acids is 1. The van der Waals surface area contributed by atoms with Crippen molar-refractivity contribution in [3.63, 3.8) is 0 Å². The monoisotopic (exact) mass is 476 g/mol. The van der Waals surface area contributed by atoms with Crippen molar-refractivity contribution in [1.82, 2.24) is 0 Å². The van der Waals surface area contributed by atoms with Gasteiger partial charge >= 0.3 is 5.97 Å². The topological polar surface area (TPSA) is 94.6 Å². The van der Waals surface area contributed by atoms with Crippen LogP contribution in [0.5, 0.6) is 17.2 Å². The first-order valence-corrected chi connectivity index (χ1v) is 10.1. The SMILES string of the molecule is COc1cccc(C(=O)Oc2ccc3c(c2)OC(N)=C(C#N)C3c2ccccc2Br)c1. The molecule has 31 heavy (non-hydrogen) atoms. The molecular formula is C24H17BrN2O4. The summed E-state index contributed by atoms with van der Waals surface area (Å²) in [4.78, 5) is 12.5. The first kappa shape index (κ1) is 20.5. The van der Waals surface area contributed by atoms with Gasteiger partial charge in [0.15, 0.2) is 0 Å². The fraction of sp³-hybridized carbons (Fsp3) is 0.0833.